The Balaban J connectivity index is 2.11. The van der Waals surface area contributed by atoms with Crippen LogP contribution in [0.25, 0.3) is 0 Å². The monoisotopic (exact) mass is 274 g/mol. The van der Waals surface area contributed by atoms with Crippen LogP contribution >= 0.6 is 11.6 Å². The van der Waals surface area contributed by atoms with Gasteiger partial charge in [-0.2, -0.15) is 0 Å². The second kappa shape index (κ2) is 5.76. The average molecular weight is 275 g/mol. The van der Waals surface area contributed by atoms with E-state index in [4.69, 9.17) is 27.5 Å². The maximum absolute atomic E-state index is 7.43. The predicted octanol–water partition coefficient (Wildman–Crippen LogP) is 3.51. The number of amidine groups is 1. The van der Waals surface area contributed by atoms with Gasteiger partial charge in [-0.25, -0.2) is 0 Å². The number of ether oxygens (including phenoxy) is 1. The fraction of sp³-hybridized carbons (Fsp3) is 0.133. The maximum atomic E-state index is 7.43. The molecule has 0 saturated carbocycles. The van der Waals surface area contributed by atoms with Crippen LogP contribution in [-0.2, 0) is 6.61 Å². The summed E-state index contributed by atoms with van der Waals surface area (Å²) >= 11 is 6.06. The van der Waals surface area contributed by atoms with Crippen molar-refractivity contribution in [2.24, 2.45) is 5.73 Å². The van der Waals surface area contributed by atoms with Gasteiger partial charge in [0.25, 0.3) is 0 Å². The molecule has 0 bridgehead atoms. The fourth-order valence-corrected chi connectivity index (χ4v) is 1.99. The Bertz CT molecular complexity index is 611. The van der Waals surface area contributed by atoms with E-state index < -0.39 is 0 Å². The second-order valence-electron chi connectivity index (χ2n) is 4.27. The Kier molecular flexibility index (Phi) is 4.07. The highest BCUT2D eigenvalue weighted by atomic mass is 35.5. The van der Waals surface area contributed by atoms with Crippen molar-refractivity contribution in [3.63, 3.8) is 0 Å². The van der Waals surface area contributed by atoms with Gasteiger partial charge in [-0.05, 0) is 36.8 Å². The summed E-state index contributed by atoms with van der Waals surface area (Å²) in [6, 6.07) is 13.0. The molecule has 0 saturated heterocycles. The molecule has 0 unspecified atom stereocenters. The van der Waals surface area contributed by atoms with E-state index in [2.05, 4.69) is 0 Å². The minimum atomic E-state index is 0.0650. The van der Waals surface area contributed by atoms with Crippen LogP contribution < -0.4 is 10.5 Å². The second-order valence-corrected chi connectivity index (χ2v) is 4.68. The number of nitrogen functional groups attached to an aromatic ring is 1. The first-order valence-electron chi connectivity index (χ1n) is 5.89. The molecule has 19 heavy (non-hydrogen) atoms. The summed E-state index contributed by atoms with van der Waals surface area (Å²) in [6.45, 7) is 2.32. The first-order chi connectivity index (χ1) is 9.08. The molecule has 3 N–H and O–H groups in total. The van der Waals surface area contributed by atoms with Crippen molar-refractivity contribution in [1.29, 1.82) is 5.41 Å². The van der Waals surface area contributed by atoms with Crippen molar-refractivity contribution in [2.45, 2.75) is 13.5 Å². The van der Waals surface area contributed by atoms with Gasteiger partial charge >= 0.3 is 0 Å². The lowest BCUT2D eigenvalue weighted by Crippen LogP contribution is -2.12. The van der Waals surface area contributed by atoms with Crippen molar-refractivity contribution in [2.75, 3.05) is 0 Å². The van der Waals surface area contributed by atoms with Gasteiger partial charge in [0.1, 0.15) is 18.2 Å². The van der Waals surface area contributed by atoms with E-state index in [-0.39, 0.29) is 5.84 Å². The van der Waals surface area contributed by atoms with Crippen molar-refractivity contribution in [3.05, 3.63) is 64.2 Å². The molecule has 2 rings (SSSR count). The Morgan fingerprint density at radius 2 is 2.00 bits per heavy atom. The lowest BCUT2D eigenvalue weighted by atomic mass is 10.1. The van der Waals surface area contributed by atoms with Crippen LogP contribution in [0, 0.1) is 12.3 Å². The van der Waals surface area contributed by atoms with Gasteiger partial charge in [0.05, 0.1) is 0 Å². The normalized spacial score (nSPS) is 10.2. The molecule has 0 aliphatic carbocycles. The van der Waals surface area contributed by atoms with Gasteiger partial charge in [0, 0.05) is 16.1 Å². The molecule has 0 aliphatic rings. The van der Waals surface area contributed by atoms with Gasteiger partial charge in [-0.3, -0.25) is 5.41 Å². The van der Waals surface area contributed by atoms with Gasteiger partial charge in [0.2, 0.25) is 0 Å². The van der Waals surface area contributed by atoms with Gasteiger partial charge in [0.15, 0.2) is 0 Å². The smallest absolute Gasteiger partial charge is 0.123 e. The Labute approximate surface area is 117 Å². The number of rotatable bonds is 4. The maximum Gasteiger partial charge on any atom is 0.123 e. The number of benzene rings is 2. The van der Waals surface area contributed by atoms with Crippen LogP contribution in [0.4, 0.5) is 0 Å². The SMILES string of the molecule is Cc1cc(OCc2ccccc2Cl)ccc1C(=N)N. The number of nitrogens with one attached hydrogen (secondary N) is 1. The zero-order valence-electron chi connectivity index (χ0n) is 10.6. The first kappa shape index (κ1) is 13.4. The van der Waals surface area contributed by atoms with Crippen LogP contribution in [0.3, 0.4) is 0 Å². The zero-order chi connectivity index (χ0) is 13.8. The minimum Gasteiger partial charge on any atom is -0.489 e. The number of hydrogen-bond donors (Lipinski definition) is 2. The third kappa shape index (κ3) is 3.26. The highest BCUT2D eigenvalue weighted by molar-refractivity contribution is 6.31. The van der Waals surface area contributed by atoms with E-state index in [1.165, 1.54) is 0 Å². The summed E-state index contributed by atoms with van der Waals surface area (Å²) in [6.07, 6.45) is 0. The van der Waals surface area contributed by atoms with Gasteiger partial charge in [-0.1, -0.05) is 29.8 Å². The van der Waals surface area contributed by atoms with Crippen LogP contribution in [0.1, 0.15) is 16.7 Å². The van der Waals surface area contributed by atoms with E-state index >= 15 is 0 Å². The van der Waals surface area contributed by atoms with Crippen molar-refractivity contribution in [3.8, 4) is 5.75 Å². The third-order valence-corrected chi connectivity index (χ3v) is 3.21. The Hall–Kier alpha value is -2.00. The summed E-state index contributed by atoms with van der Waals surface area (Å²) in [5, 5.41) is 8.12. The molecule has 3 nitrogen and oxygen atoms in total. The van der Waals surface area contributed by atoms with E-state index in [1.807, 2.05) is 37.3 Å². The van der Waals surface area contributed by atoms with Crippen molar-refractivity contribution in [1.82, 2.24) is 0 Å². The first-order valence-corrected chi connectivity index (χ1v) is 6.27. The van der Waals surface area contributed by atoms with Gasteiger partial charge in [-0.15, -0.1) is 0 Å². The van der Waals surface area contributed by atoms with Crippen LogP contribution in [-0.4, -0.2) is 5.84 Å². The molecule has 98 valence electrons. The molecule has 0 atom stereocenters. The van der Waals surface area contributed by atoms with E-state index in [0.717, 1.165) is 22.4 Å². The molecule has 0 amide bonds. The van der Waals surface area contributed by atoms with Crippen LogP contribution in [0.5, 0.6) is 5.75 Å². The molecule has 0 aliphatic heterocycles. The molecule has 2 aromatic rings. The predicted molar refractivity (Wildman–Crippen MR) is 78.0 cm³/mol. The molecule has 4 heteroatoms. The molecule has 0 radical (unpaired) electrons. The largest absolute Gasteiger partial charge is 0.489 e. The number of hydrogen-bond acceptors (Lipinski definition) is 2. The van der Waals surface area contributed by atoms with Gasteiger partial charge < -0.3 is 10.5 Å². The summed E-state index contributed by atoms with van der Waals surface area (Å²) in [5.74, 6) is 0.803. The molecular formula is C15H15ClN2O. The van der Waals surface area contributed by atoms with E-state index in [9.17, 15) is 0 Å². The van der Waals surface area contributed by atoms with Crippen LogP contribution in [0.2, 0.25) is 5.02 Å². The molecule has 2 aromatic carbocycles. The third-order valence-electron chi connectivity index (χ3n) is 2.84. The minimum absolute atomic E-state index is 0.0650. The molecular weight excluding hydrogens is 260 g/mol. The highest BCUT2D eigenvalue weighted by Crippen LogP contribution is 2.20. The number of halogens is 1. The van der Waals surface area contributed by atoms with Crippen molar-refractivity contribution >= 4 is 17.4 Å². The molecule has 0 fully saturated rings. The van der Waals surface area contributed by atoms with Crippen LogP contribution in [0.15, 0.2) is 42.5 Å². The number of nitrogens with two attached hydrogens (primary N) is 1. The highest BCUT2D eigenvalue weighted by Gasteiger charge is 2.04. The van der Waals surface area contributed by atoms with E-state index in [0.29, 0.717) is 11.6 Å². The summed E-state index contributed by atoms with van der Waals surface area (Å²) in [4.78, 5) is 0. The average Bonchev–Trinajstić information content (AvgIpc) is 2.37. The fourth-order valence-electron chi connectivity index (χ4n) is 1.80. The standard InChI is InChI=1S/C15H15ClN2O/c1-10-8-12(6-7-13(10)15(17)18)19-9-11-4-2-3-5-14(11)16/h2-8H,9H2,1H3,(H3,17,18). The molecule has 0 aromatic heterocycles. The van der Waals surface area contributed by atoms with Crippen molar-refractivity contribution < 1.29 is 4.74 Å². The lowest BCUT2D eigenvalue weighted by Gasteiger charge is -2.10. The zero-order valence-corrected chi connectivity index (χ0v) is 11.4. The summed E-state index contributed by atoms with van der Waals surface area (Å²) in [5.41, 5.74) is 8.06. The molecule has 0 heterocycles. The Morgan fingerprint density at radius 1 is 1.26 bits per heavy atom. The summed E-state index contributed by atoms with van der Waals surface area (Å²) in [7, 11) is 0. The quantitative estimate of drug-likeness (QED) is 0.662. The lowest BCUT2D eigenvalue weighted by molar-refractivity contribution is 0.306. The topological polar surface area (TPSA) is 59.1 Å². The molecule has 0 spiro atoms. The van der Waals surface area contributed by atoms with E-state index in [1.54, 1.807) is 12.1 Å². The number of aryl methyl sites for hydroxylation is 1. The Morgan fingerprint density at radius 3 is 2.63 bits per heavy atom. The summed E-state index contributed by atoms with van der Waals surface area (Å²) < 4.78 is 5.69.